The lowest BCUT2D eigenvalue weighted by atomic mass is 9.98. The average Bonchev–Trinajstić information content (AvgIpc) is 2.42. The van der Waals surface area contributed by atoms with Crippen molar-refractivity contribution in [2.45, 2.75) is 57.6 Å². The maximum absolute atomic E-state index is 11.4. The minimum atomic E-state index is -1.02. The zero-order valence-corrected chi connectivity index (χ0v) is 11.5. The van der Waals surface area contributed by atoms with Crippen LogP contribution in [0, 0.1) is 0 Å². The quantitative estimate of drug-likeness (QED) is 0.613. The first-order chi connectivity index (χ1) is 9.13. The molecule has 1 aliphatic carbocycles. The van der Waals surface area contributed by atoms with E-state index in [0.29, 0.717) is 25.7 Å². The Kier molecular flexibility index (Phi) is 7.25. The molecule has 0 aliphatic heterocycles. The van der Waals surface area contributed by atoms with Crippen molar-refractivity contribution in [2.24, 2.45) is 0 Å². The second-order valence-corrected chi connectivity index (χ2v) is 4.83. The van der Waals surface area contributed by atoms with E-state index in [2.05, 4.69) is 10.6 Å². The molecule has 0 spiro atoms. The number of urea groups is 1. The van der Waals surface area contributed by atoms with E-state index in [0.717, 1.165) is 12.8 Å². The fourth-order valence-electron chi connectivity index (χ4n) is 2.17. The third-order valence-corrected chi connectivity index (χ3v) is 3.31. The van der Waals surface area contributed by atoms with Gasteiger partial charge in [0.15, 0.2) is 0 Å². The smallest absolute Gasteiger partial charge is 0.326 e. The lowest BCUT2D eigenvalue weighted by Gasteiger charge is -2.22. The topological polar surface area (TPSA) is 87.7 Å². The molecule has 0 unspecified atom stereocenters. The minimum absolute atomic E-state index is 0.320. The van der Waals surface area contributed by atoms with Crippen LogP contribution >= 0.6 is 0 Å². The molecule has 3 N–H and O–H groups in total. The van der Waals surface area contributed by atoms with Crippen LogP contribution in [0.5, 0.6) is 0 Å². The molecule has 19 heavy (non-hydrogen) atoms. The number of rotatable bonds is 7. The van der Waals surface area contributed by atoms with Gasteiger partial charge in [-0.15, -0.1) is 0 Å². The van der Waals surface area contributed by atoms with Crippen molar-refractivity contribution >= 4 is 12.0 Å². The molecule has 0 aromatic carbocycles. The summed E-state index contributed by atoms with van der Waals surface area (Å²) < 4.78 is 5.65. The third kappa shape index (κ3) is 6.42. The van der Waals surface area contributed by atoms with Crippen LogP contribution in [0.25, 0.3) is 0 Å². The van der Waals surface area contributed by atoms with E-state index in [1.165, 1.54) is 19.3 Å². The Morgan fingerprint density at radius 1 is 1.32 bits per heavy atom. The van der Waals surface area contributed by atoms with Crippen LogP contribution in [0.1, 0.15) is 45.4 Å². The van der Waals surface area contributed by atoms with E-state index in [1.807, 2.05) is 0 Å². The van der Waals surface area contributed by atoms with Gasteiger partial charge in [-0.25, -0.2) is 9.59 Å². The molecular weight excluding hydrogens is 248 g/mol. The van der Waals surface area contributed by atoms with Crippen molar-refractivity contribution in [2.75, 3.05) is 13.2 Å². The highest BCUT2D eigenvalue weighted by Gasteiger charge is 2.17. The molecule has 0 radical (unpaired) electrons. The molecule has 1 aliphatic rings. The number of hydrogen-bond donors (Lipinski definition) is 3. The van der Waals surface area contributed by atoms with Gasteiger partial charge in [0.1, 0.15) is 6.04 Å². The average molecular weight is 272 g/mol. The molecule has 6 heteroatoms. The fourth-order valence-corrected chi connectivity index (χ4v) is 2.17. The first-order valence-electron chi connectivity index (χ1n) is 7.02. The van der Waals surface area contributed by atoms with Gasteiger partial charge in [-0.1, -0.05) is 26.2 Å². The molecule has 0 bridgehead atoms. The lowest BCUT2D eigenvalue weighted by Crippen LogP contribution is -2.46. The highest BCUT2D eigenvalue weighted by Crippen LogP contribution is 2.19. The van der Waals surface area contributed by atoms with Crippen LogP contribution in [0.4, 0.5) is 4.79 Å². The summed E-state index contributed by atoms with van der Waals surface area (Å²) in [6, 6.07) is -1.29. The molecule has 1 saturated carbocycles. The summed E-state index contributed by atoms with van der Waals surface area (Å²) in [7, 11) is 0. The first-order valence-corrected chi connectivity index (χ1v) is 7.02. The number of carbonyl (C=O) groups excluding carboxylic acids is 1. The SMILES string of the molecule is CC[C@@H](NC(=O)NCCOC1CCCCC1)C(=O)O. The number of carboxylic acid groups (broad SMARTS) is 1. The van der Waals surface area contributed by atoms with Crippen molar-refractivity contribution < 1.29 is 19.4 Å². The highest BCUT2D eigenvalue weighted by molar-refractivity contribution is 5.82. The Morgan fingerprint density at radius 3 is 2.58 bits per heavy atom. The van der Waals surface area contributed by atoms with Gasteiger partial charge >= 0.3 is 12.0 Å². The largest absolute Gasteiger partial charge is 0.480 e. The van der Waals surface area contributed by atoms with Gasteiger partial charge in [0, 0.05) is 6.54 Å². The van der Waals surface area contributed by atoms with Gasteiger partial charge in [0.25, 0.3) is 0 Å². The van der Waals surface area contributed by atoms with Crippen molar-refractivity contribution in [3.63, 3.8) is 0 Å². The van der Waals surface area contributed by atoms with Gasteiger partial charge in [-0.05, 0) is 19.3 Å². The van der Waals surface area contributed by atoms with Gasteiger partial charge in [0.05, 0.1) is 12.7 Å². The zero-order chi connectivity index (χ0) is 14.1. The van der Waals surface area contributed by atoms with Crippen LogP contribution < -0.4 is 10.6 Å². The van der Waals surface area contributed by atoms with E-state index in [4.69, 9.17) is 9.84 Å². The molecule has 2 amide bonds. The summed E-state index contributed by atoms with van der Waals surface area (Å²) in [5.41, 5.74) is 0. The highest BCUT2D eigenvalue weighted by atomic mass is 16.5. The summed E-state index contributed by atoms with van der Waals surface area (Å²) >= 11 is 0. The summed E-state index contributed by atoms with van der Waals surface area (Å²) in [4.78, 5) is 22.2. The van der Waals surface area contributed by atoms with Gasteiger partial charge in [0.2, 0.25) is 0 Å². The van der Waals surface area contributed by atoms with E-state index < -0.39 is 18.0 Å². The molecule has 110 valence electrons. The van der Waals surface area contributed by atoms with Crippen LogP contribution in [0.15, 0.2) is 0 Å². The van der Waals surface area contributed by atoms with Crippen molar-refractivity contribution in [1.29, 1.82) is 0 Å². The lowest BCUT2D eigenvalue weighted by molar-refractivity contribution is -0.139. The maximum Gasteiger partial charge on any atom is 0.326 e. The van der Waals surface area contributed by atoms with E-state index >= 15 is 0 Å². The van der Waals surface area contributed by atoms with Crippen molar-refractivity contribution in [1.82, 2.24) is 10.6 Å². The van der Waals surface area contributed by atoms with E-state index in [9.17, 15) is 9.59 Å². The molecule has 6 nitrogen and oxygen atoms in total. The van der Waals surface area contributed by atoms with Crippen molar-refractivity contribution in [3.8, 4) is 0 Å². The maximum atomic E-state index is 11.4. The Morgan fingerprint density at radius 2 is 2.00 bits per heavy atom. The Labute approximate surface area is 113 Å². The Balaban J connectivity index is 2.07. The van der Waals surface area contributed by atoms with E-state index in [1.54, 1.807) is 6.92 Å². The predicted octanol–water partition coefficient (Wildman–Crippen LogP) is 1.50. The van der Waals surface area contributed by atoms with E-state index in [-0.39, 0.29) is 0 Å². The van der Waals surface area contributed by atoms with Gasteiger partial charge in [-0.2, -0.15) is 0 Å². The van der Waals surface area contributed by atoms with Gasteiger partial charge in [-0.3, -0.25) is 0 Å². The predicted molar refractivity (Wildman–Crippen MR) is 71.1 cm³/mol. The third-order valence-electron chi connectivity index (χ3n) is 3.31. The summed E-state index contributed by atoms with van der Waals surface area (Å²) in [6.45, 7) is 2.59. The number of hydrogen-bond acceptors (Lipinski definition) is 3. The number of aliphatic carboxylic acids is 1. The number of ether oxygens (including phenoxy) is 1. The van der Waals surface area contributed by atoms with Crippen LogP contribution in [-0.4, -0.2) is 42.4 Å². The fraction of sp³-hybridized carbons (Fsp3) is 0.846. The number of amides is 2. The monoisotopic (exact) mass is 272 g/mol. The molecule has 0 saturated heterocycles. The molecule has 1 fully saturated rings. The summed E-state index contributed by atoms with van der Waals surface area (Å²) in [5, 5.41) is 13.8. The number of carbonyl (C=O) groups is 2. The zero-order valence-electron chi connectivity index (χ0n) is 11.5. The second-order valence-electron chi connectivity index (χ2n) is 4.83. The summed E-state index contributed by atoms with van der Waals surface area (Å²) in [6.07, 6.45) is 6.60. The normalized spacial score (nSPS) is 17.7. The molecule has 1 atom stereocenters. The van der Waals surface area contributed by atoms with Crippen molar-refractivity contribution in [3.05, 3.63) is 0 Å². The Bertz CT molecular complexity index is 290. The molecule has 0 aromatic heterocycles. The van der Waals surface area contributed by atoms with Crippen LogP contribution in [0.3, 0.4) is 0 Å². The first kappa shape index (κ1) is 15.8. The number of nitrogens with one attached hydrogen (secondary N) is 2. The van der Waals surface area contributed by atoms with Crippen LogP contribution in [0.2, 0.25) is 0 Å². The van der Waals surface area contributed by atoms with Gasteiger partial charge < -0.3 is 20.5 Å². The molecule has 0 heterocycles. The standard InChI is InChI=1S/C13H24N2O4/c1-2-11(12(16)17)15-13(18)14-8-9-19-10-6-4-3-5-7-10/h10-11H,2-9H2,1H3,(H,16,17)(H2,14,15,18)/t11-/m1/s1. The minimum Gasteiger partial charge on any atom is -0.480 e. The number of carboxylic acids is 1. The molecule has 0 aromatic rings. The second kappa shape index (κ2) is 8.74. The Hall–Kier alpha value is -1.30. The summed E-state index contributed by atoms with van der Waals surface area (Å²) in [5.74, 6) is -1.02. The molecular formula is C13H24N2O4. The molecule has 1 rings (SSSR count). The van der Waals surface area contributed by atoms with Crippen LogP contribution in [-0.2, 0) is 9.53 Å².